The standard InChI is InChI=1S/C29H32O4S2/c1-31-27-26(30)25(28-34-18-11-19-35-28)24(33-27)20-32-29(21-12-5-2-6-13-21,22-14-7-3-8-15-22)23-16-9-4-10-17-23/h2-10,12-17,24-28,30H,11,18-20H2,1H3/t24-,25-,26+,27+/m1/s1. The van der Waals surface area contributed by atoms with Crippen LogP contribution in [-0.4, -0.2) is 53.4 Å². The number of aliphatic hydroxyl groups is 1. The Morgan fingerprint density at radius 3 is 1.77 bits per heavy atom. The van der Waals surface area contributed by atoms with Gasteiger partial charge in [-0.15, -0.1) is 23.5 Å². The van der Waals surface area contributed by atoms with Crippen molar-refractivity contribution in [3.63, 3.8) is 0 Å². The summed E-state index contributed by atoms with van der Waals surface area (Å²) in [6, 6.07) is 31.1. The van der Waals surface area contributed by atoms with E-state index in [1.165, 1.54) is 6.42 Å². The lowest BCUT2D eigenvalue weighted by molar-refractivity contribution is -0.162. The van der Waals surface area contributed by atoms with Gasteiger partial charge in [0.25, 0.3) is 0 Å². The number of aliphatic hydroxyl groups excluding tert-OH is 1. The fraction of sp³-hybridized carbons (Fsp3) is 0.379. The maximum atomic E-state index is 11.1. The highest BCUT2D eigenvalue weighted by atomic mass is 32.2. The van der Waals surface area contributed by atoms with Crippen LogP contribution >= 0.6 is 23.5 Å². The molecule has 2 fully saturated rings. The van der Waals surface area contributed by atoms with Gasteiger partial charge in [0.1, 0.15) is 11.7 Å². The van der Waals surface area contributed by atoms with Crippen LogP contribution in [0.1, 0.15) is 23.1 Å². The lowest BCUT2D eigenvalue weighted by Crippen LogP contribution is -2.40. The van der Waals surface area contributed by atoms with Crippen LogP contribution in [0.5, 0.6) is 0 Å². The molecule has 35 heavy (non-hydrogen) atoms. The second-order valence-electron chi connectivity index (χ2n) is 8.90. The molecule has 2 aliphatic heterocycles. The van der Waals surface area contributed by atoms with Crippen LogP contribution in [0.2, 0.25) is 0 Å². The number of thioether (sulfide) groups is 2. The number of benzene rings is 3. The summed E-state index contributed by atoms with van der Waals surface area (Å²) in [6.07, 6.45) is -0.412. The normalized spacial score (nSPS) is 25.5. The van der Waals surface area contributed by atoms with Crippen LogP contribution in [-0.2, 0) is 19.8 Å². The van der Waals surface area contributed by atoms with Crippen LogP contribution in [0.3, 0.4) is 0 Å². The van der Waals surface area contributed by atoms with Gasteiger partial charge in [0, 0.05) is 13.0 Å². The zero-order valence-corrected chi connectivity index (χ0v) is 21.5. The molecule has 0 saturated carbocycles. The molecule has 3 aromatic carbocycles. The predicted octanol–water partition coefficient (Wildman–Crippen LogP) is 5.54. The van der Waals surface area contributed by atoms with Gasteiger partial charge in [-0.05, 0) is 34.6 Å². The molecule has 0 aromatic heterocycles. The molecular formula is C29H32O4S2. The van der Waals surface area contributed by atoms with E-state index in [0.29, 0.717) is 6.61 Å². The molecule has 0 unspecified atom stereocenters. The molecule has 2 aliphatic rings. The van der Waals surface area contributed by atoms with Crippen molar-refractivity contribution in [2.75, 3.05) is 25.2 Å². The Bertz CT molecular complexity index is 947. The molecule has 0 amide bonds. The molecule has 2 saturated heterocycles. The fourth-order valence-electron chi connectivity index (χ4n) is 5.13. The van der Waals surface area contributed by atoms with Crippen molar-refractivity contribution in [2.24, 2.45) is 5.92 Å². The number of ether oxygens (including phenoxy) is 3. The highest BCUT2D eigenvalue weighted by Gasteiger charge is 2.50. The van der Waals surface area contributed by atoms with E-state index < -0.39 is 18.0 Å². The average Bonchev–Trinajstić information content (AvgIpc) is 3.26. The van der Waals surface area contributed by atoms with Gasteiger partial charge in [-0.3, -0.25) is 0 Å². The van der Waals surface area contributed by atoms with Crippen LogP contribution in [0.4, 0.5) is 0 Å². The smallest absolute Gasteiger partial charge is 0.183 e. The SMILES string of the molecule is CO[C@H]1O[C@H](COC(c2ccccc2)(c2ccccc2)c2ccccc2)[C@@H](C2SCCCS2)[C@@H]1O. The molecule has 184 valence electrons. The topological polar surface area (TPSA) is 47.9 Å². The molecule has 4 nitrogen and oxygen atoms in total. The Morgan fingerprint density at radius 2 is 1.31 bits per heavy atom. The third-order valence-electron chi connectivity index (χ3n) is 6.82. The van der Waals surface area contributed by atoms with Crippen molar-refractivity contribution in [3.05, 3.63) is 108 Å². The van der Waals surface area contributed by atoms with E-state index in [1.54, 1.807) is 7.11 Å². The largest absolute Gasteiger partial charge is 0.387 e. The second kappa shape index (κ2) is 11.5. The maximum Gasteiger partial charge on any atom is 0.183 e. The van der Waals surface area contributed by atoms with Crippen molar-refractivity contribution >= 4 is 23.5 Å². The third kappa shape index (κ3) is 5.06. The number of methoxy groups -OCH3 is 1. The lowest BCUT2D eigenvalue weighted by Gasteiger charge is -2.38. The van der Waals surface area contributed by atoms with Gasteiger partial charge < -0.3 is 19.3 Å². The van der Waals surface area contributed by atoms with E-state index in [2.05, 4.69) is 36.4 Å². The summed E-state index contributed by atoms with van der Waals surface area (Å²) in [5.41, 5.74) is 2.34. The molecular weight excluding hydrogens is 476 g/mol. The highest BCUT2D eigenvalue weighted by molar-refractivity contribution is 8.17. The van der Waals surface area contributed by atoms with Crippen molar-refractivity contribution in [1.29, 1.82) is 0 Å². The summed E-state index contributed by atoms with van der Waals surface area (Å²) < 4.78 is 19.1. The van der Waals surface area contributed by atoms with E-state index >= 15 is 0 Å². The number of hydrogen-bond acceptors (Lipinski definition) is 6. The van der Waals surface area contributed by atoms with Gasteiger partial charge in [-0.2, -0.15) is 0 Å². The summed E-state index contributed by atoms with van der Waals surface area (Å²) in [4.78, 5) is 0. The molecule has 1 N–H and O–H groups in total. The quantitative estimate of drug-likeness (QED) is 0.403. The molecule has 5 rings (SSSR count). The third-order valence-corrected chi connectivity index (χ3v) is 9.97. The van der Waals surface area contributed by atoms with Crippen molar-refractivity contribution in [3.8, 4) is 0 Å². The van der Waals surface area contributed by atoms with Crippen LogP contribution in [0.15, 0.2) is 91.0 Å². The maximum absolute atomic E-state index is 11.1. The van der Waals surface area contributed by atoms with E-state index in [4.69, 9.17) is 14.2 Å². The first-order valence-electron chi connectivity index (χ1n) is 12.1. The van der Waals surface area contributed by atoms with Gasteiger partial charge in [0.15, 0.2) is 6.29 Å². The highest BCUT2D eigenvalue weighted by Crippen LogP contribution is 2.46. The lowest BCUT2D eigenvalue weighted by atomic mass is 9.80. The zero-order chi connectivity index (χ0) is 24.1. The molecule has 0 radical (unpaired) electrons. The Hall–Kier alpha value is -1.80. The molecule has 6 heteroatoms. The van der Waals surface area contributed by atoms with Gasteiger partial charge in [0.05, 0.1) is 17.3 Å². The summed E-state index contributed by atoms with van der Waals surface area (Å²) >= 11 is 3.83. The van der Waals surface area contributed by atoms with E-state index in [9.17, 15) is 5.11 Å². The second-order valence-corrected chi connectivity index (χ2v) is 11.7. The van der Waals surface area contributed by atoms with Crippen LogP contribution < -0.4 is 0 Å². The van der Waals surface area contributed by atoms with E-state index in [1.807, 2.05) is 78.1 Å². The summed E-state index contributed by atoms with van der Waals surface area (Å²) in [7, 11) is 1.59. The Labute approximate surface area is 216 Å². The monoisotopic (exact) mass is 508 g/mol. The van der Waals surface area contributed by atoms with Gasteiger partial charge in [0.2, 0.25) is 0 Å². The van der Waals surface area contributed by atoms with Crippen LogP contribution in [0, 0.1) is 5.92 Å². The molecule has 3 aromatic rings. The first-order valence-corrected chi connectivity index (χ1v) is 14.2. The van der Waals surface area contributed by atoms with Crippen LogP contribution in [0.25, 0.3) is 0 Å². The van der Waals surface area contributed by atoms with Crippen molar-refractivity contribution in [2.45, 2.75) is 35.1 Å². The molecule has 2 heterocycles. The van der Waals surface area contributed by atoms with Gasteiger partial charge >= 0.3 is 0 Å². The molecule has 0 spiro atoms. The first kappa shape index (κ1) is 24.9. The minimum absolute atomic E-state index is 0.0738. The summed E-state index contributed by atoms with van der Waals surface area (Å²) in [6.45, 7) is 0.331. The Kier molecular flexibility index (Phi) is 8.18. The first-order chi connectivity index (χ1) is 17.2. The zero-order valence-electron chi connectivity index (χ0n) is 19.9. The van der Waals surface area contributed by atoms with Gasteiger partial charge in [-0.1, -0.05) is 91.0 Å². The van der Waals surface area contributed by atoms with Gasteiger partial charge in [-0.25, -0.2) is 0 Å². The number of rotatable bonds is 8. The number of hydrogen-bond donors (Lipinski definition) is 1. The fourth-order valence-corrected chi connectivity index (χ4v) is 8.48. The molecule has 0 aliphatic carbocycles. The van der Waals surface area contributed by atoms with E-state index in [-0.39, 0.29) is 16.6 Å². The predicted molar refractivity (Wildman–Crippen MR) is 144 cm³/mol. The summed E-state index contributed by atoms with van der Waals surface area (Å²) in [5, 5.41) is 11.1. The Balaban J connectivity index is 1.54. The Morgan fingerprint density at radius 1 is 0.829 bits per heavy atom. The minimum atomic E-state index is -0.819. The average molecular weight is 509 g/mol. The summed E-state index contributed by atoms with van der Waals surface area (Å²) in [5.74, 6) is 2.14. The van der Waals surface area contributed by atoms with Crippen molar-refractivity contribution < 1.29 is 19.3 Å². The molecule has 0 bridgehead atoms. The van der Waals surface area contributed by atoms with E-state index in [0.717, 1.165) is 28.2 Å². The molecule has 4 atom stereocenters. The minimum Gasteiger partial charge on any atom is -0.387 e. The van der Waals surface area contributed by atoms with Crippen molar-refractivity contribution in [1.82, 2.24) is 0 Å².